The van der Waals surface area contributed by atoms with Crippen LogP contribution in [0.5, 0.6) is 0 Å². The zero-order valence-corrected chi connectivity index (χ0v) is 19.4. The van der Waals surface area contributed by atoms with E-state index >= 15 is 0 Å². The Morgan fingerprint density at radius 1 is 1.35 bits per heavy atom. The Labute approximate surface area is 188 Å². The molecule has 3 atom stereocenters. The van der Waals surface area contributed by atoms with Crippen molar-refractivity contribution >= 4 is 24.7 Å². The lowest BCUT2D eigenvalue weighted by molar-refractivity contribution is -0.107. The van der Waals surface area contributed by atoms with Gasteiger partial charge in [0, 0.05) is 32.0 Å². The average Bonchev–Trinajstić information content (AvgIpc) is 3.08. The van der Waals surface area contributed by atoms with Gasteiger partial charge in [0.25, 0.3) is 6.71 Å². The van der Waals surface area contributed by atoms with Crippen LogP contribution in [0.2, 0.25) is 11.6 Å². The Hall–Kier alpha value is -2.46. The number of carbonyl (C=O) groups excluding carboxylic acids is 1. The number of rotatable bonds is 9. The maximum Gasteiger partial charge on any atom is 0.273 e. The van der Waals surface area contributed by atoms with Crippen molar-refractivity contribution in [2.75, 3.05) is 7.11 Å². The molecule has 1 aliphatic heterocycles. The molecule has 0 saturated carbocycles. The maximum atomic E-state index is 10.4. The summed E-state index contributed by atoms with van der Waals surface area (Å²) in [5, 5.41) is 25.5. The standard InChI is InChI=1S/C16H27BN4O.C8H10O/c1-12-7-8-15(17(12)11-18)10-13(2)21(14(3)19)16(20)6-4-5-9-22;1-9-7-8-5-3-2-4-6-8/h9,12-13,15,19-20H,4-8,10H2,1-3H3;2-6H,7H2,1H3. The van der Waals surface area contributed by atoms with Crippen molar-refractivity contribution < 1.29 is 9.53 Å². The van der Waals surface area contributed by atoms with E-state index in [2.05, 4.69) is 12.9 Å². The van der Waals surface area contributed by atoms with Gasteiger partial charge < -0.3 is 14.4 Å². The van der Waals surface area contributed by atoms with Gasteiger partial charge >= 0.3 is 0 Å². The van der Waals surface area contributed by atoms with Crippen LogP contribution >= 0.6 is 0 Å². The normalized spacial score (nSPS) is 18.4. The summed E-state index contributed by atoms with van der Waals surface area (Å²) in [5.74, 6) is 4.02. The van der Waals surface area contributed by atoms with Crippen LogP contribution in [-0.4, -0.2) is 42.7 Å². The molecule has 0 aliphatic carbocycles. The summed E-state index contributed by atoms with van der Waals surface area (Å²) in [6.45, 7) is 6.67. The zero-order chi connectivity index (χ0) is 23.2. The highest BCUT2D eigenvalue weighted by Crippen LogP contribution is 2.41. The van der Waals surface area contributed by atoms with E-state index in [1.807, 2.05) is 37.3 Å². The molecule has 31 heavy (non-hydrogen) atoms. The number of unbranched alkanes of at least 4 members (excludes halogenated alkanes) is 1. The molecule has 1 aliphatic rings. The quantitative estimate of drug-likeness (QED) is 0.183. The fraction of sp³-hybridized carbons (Fsp3) is 0.583. The third kappa shape index (κ3) is 9.06. The van der Waals surface area contributed by atoms with Crippen LogP contribution in [0.4, 0.5) is 0 Å². The zero-order valence-electron chi connectivity index (χ0n) is 19.4. The minimum absolute atomic E-state index is 0.0485. The van der Waals surface area contributed by atoms with Crippen molar-refractivity contribution in [1.29, 1.82) is 16.1 Å². The van der Waals surface area contributed by atoms with Gasteiger partial charge in [-0.1, -0.05) is 55.9 Å². The minimum atomic E-state index is 0.0485. The Bertz CT molecular complexity index is 735. The molecule has 1 aromatic rings. The first-order valence-electron chi connectivity index (χ1n) is 11.1. The van der Waals surface area contributed by atoms with Crippen LogP contribution < -0.4 is 0 Å². The topological polar surface area (TPSA) is 101 Å². The SMILES string of the molecule is CC(=N)N(C(=N)CCCC=O)C(C)CC1CCC(C)B1C#N.COCc1ccccc1. The third-order valence-corrected chi connectivity index (χ3v) is 5.89. The molecule has 168 valence electrons. The molecule has 0 amide bonds. The summed E-state index contributed by atoms with van der Waals surface area (Å²) in [4.78, 5) is 12.1. The lowest BCUT2D eigenvalue weighted by Gasteiger charge is -2.32. The number of hydrogen-bond donors (Lipinski definition) is 2. The van der Waals surface area contributed by atoms with E-state index in [1.54, 1.807) is 18.9 Å². The number of nitriles is 1. The van der Waals surface area contributed by atoms with Crippen molar-refractivity contribution in [1.82, 2.24) is 4.90 Å². The Kier molecular flexibility index (Phi) is 12.5. The highest BCUT2D eigenvalue weighted by Gasteiger charge is 2.39. The van der Waals surface area contributed by atoms with Crippen molar-refractivity contribution in [3.05, 3.63) is 35.9 Å². The van der Waals surface area contributed by atoms with E-state index < -0.39 is 0 Å². The number of carbonyl (C=O) groups is 1. The smallest absolute Gasteiger partial charge is 0.273 e. The van der Waals surface area contributed by atoms with Gasteiger partial charge in [-0.25, -0.2) is 5.26 Å². The Morgan fingerprint density at radius 2 is 2.03 bits per heavy atom. The van der Waals surface area contributed by atoms with Crippen LogP contribution in [0.25, 0.3) is 0 Å². The first-order chi connectivity index (χ1) is 14.8. The summed E-state index contributed by atoms with van der Waals surface area (Å²) in [6, 6.07) is 10.2. The Morgan fingerprint density at radius 3 is 2.58 bits per heavy atom. The van der Waals surface area contributed by atoms with Gasteiger partial charge in [-0.3, -0.25) is 10.8 Å². The number of ether oxygens (including phenoxy) is 1. The lowest BCUT2D eigenvalue weighted by Crippen LogP contribution is -2.42. The molecule has 1 saturated heterocycles. The fourth-order valence-corrected chi connectivity index (χ4v) is 4.35. The van der Waals surface area contributed by atoms with E-state index in [-0.39, 0.29) is 12.8 Å². The molecule has 6 nitrogen and oxygen atoms in total. The second kappa shape index (κ2) is 14.5. The molecule has 2 N–H and O–H groups in total. The molecule has 1 fully saturated rings. The highest BCUT2D eigenvalue weighted by atomic mass is 16.5. The monoisotopic (exact) mass is 424 g/mol. The second-order valence-electron chi connectivity index (χ2n) is 8.43. The average molecular weight is 424 g/mol. The van der Waals surface area contributed by atoms with Crippen LogP contribution in [0.15, 0.2) is 30.3 Å². The number of aldehydes is 1. The van der Waals surface area contributed by atoms with E-state index in [0.717, 1.165) is 25.5 Å². The van der Waals surface area contributed by atoms with Gasteiger partial charge in [0.2, 0.25) is 0 Å². The molecule has 0 aromatic heterocycles. The lowest BCUT2D eigenvalue weighted by atomic mass is 9.38. The van der Waals surface area contributed by atoms with Crippen LogP contribution in [0.1, 0.15) is 64.9 Å². The van der Waals surface area contributed by atoms with Crippen molar-refractivity contribution in [2.45, 2.75) is 83.6 Å². The first kappa shape index (κ1) is 26.6. The van der Waals surface area contributed by atoms with Crippen LogP contribution in [-0.2, 0) is 16.1 Å². The molecule has 0 spiro atoms. The number of hydrogen-bond acceptors (Lipinski definition) is 5. The van der Waals surface area contributed by atoms with E-state index in [9.17, 15) is 10.1 Å². The second-order valence-corrected chi connectivity index (χ2v) is 8.43. The number of amidine groups is 2. The molecule has 2 rings (SSSR count). The van der Waals surface area contributed by atoms with Gasteiger partial charge in [0.05, 0.1) is 12.4 Å². The predicted octanol–water partition coefficient (Wildman–Crippen LogP) is 5.36. The predicted molar refractivity (Wildman–Crippen MR) is 128 cm³/mol. The first-order valence-corrected chi connectivity index (χ1v) is 11.1. The molecule has 0 radical (unpaired) electrons. The third-order valence-electron chi connectivity index (χ3n) is 5.89. The maximum absolute atomic E-state index is 10.4. The van der Waals surface area contributed by atoms with Crippen molar-refractivity contribution in [3.8, 4) is 5.97 Å². The molecule has 7 heteroatoms. The van der Waals surface area contributed by atoms with E-state index in [0.29, 0.717) is 49.2 Å². The summed E-state index contributed by atoms with van der Waals surface area (Å²) < 4.78 is 4.93. The minimum Gasteiger partial charge on any atom is -0.380 e. The number of methoxy groups -OCH3 is 1. The number of nitrogens with one attached hydrogen (secondary N) is 2. The molecular formula is C24H37BN4O2. The molecule has 3 unspecified atom stereocenters. The largest absolute Gasteiger partial charge is 0.380 e. The van der Waals surface area contributed by atoms with Crippen molar-refractivity contribution in [3.63, 3.8) is 0 Å². The van der Waals surface area contributed by atoms with Gasteiger partial charge in [-0.2, -0.15) is 0 Å². The summed E-state index contributed by atoms with van der Waals surface area (Å²) in [5.41, 5.74) is 1.22. The molecule has 0 bridgehead atoms. The van der Waals surface area contributed by atoms with Crippen molar-refractivity contribution in [2.24, 2.45) is 0 Å². The van der Waals surface area contributed by atoms with Gasteiger partial charge in [-0.15, -0.1) is 0 Å². The number of nitrogens with zero attached hydrogens (tertiary/aromatic N) is 2. The fourth-order valence-electron chi connectivity index (χ4n) is 4.35. The van der Waals surface area contributed by atoms with E-state index in [1.165, 1.54) is 5.56 Å². The number of benzene rings is 1. The van der Waals surface area contributed by atoms with Crippen LogP contribution in [0, 0.1) is 22.0 Å². The summed E-state index contributed by atoms with van der Waals surface area (Å²) >= 11 is 0. The molecule has 1 aromatic carbocycles. The van der Waals surface area contributed by atoms with Gasteiger partial charge in [-0.05, 0) is 38.1 Å². The van der Waals surface area contributed by atoms with Crippen LogP contribution in [0.3, 0.4) is 0 Å². The van der Waals surface area contributed by atoms with E-state index in [4.69, 9.17) is 15.6 Å². The summed E-state index contributed by atoms with van der Waals surface area (Å²) in [7, 11) is 1.70. The molecular weight excluding hydrogens is 387 g/mol. The van der Waals surface area contributed by atoms with Gasteiger partial charge in [0.15, 0.2) is 0 Å². The van der Waals surface area contributed by atoms with Gasteiger partial charge in [0.1, 0.15) is 12.1 Å². The summed E-state index contributed by atoms with van der Waals surface area (Å²) in [6.07, 6.45) is 5.49. The Balaban J connectivity index is 0.000000442. The molecule has 1 heterocycles. The highest BCUT2D eigenvalue weighted by molar-refractivity contribution is 6.70.